The summed E-state index contributed by atoms with van der Waals surface area (Å²) in [6.07, 6.45) is 1.96. The first-order valence-electron chi connectivity index (χ1n) is 4.05. The summed E-state index contributed by atoms with van der Waals surface area (Å²) in [5.41, 5.74) is 3.51. The van der Waals surface area contributed by atoms with Crippen LogP contribution in [0.1, 0.15) is 11.1 Å². The highest BCUT2D eigenvalue weighted by atomic mass is 79.9. The predicted octanol–water partition coefficient (Wildman–Crippen LogP) is 3.98. The van der Waals surface area contributed by atoms with E-state index in [0.29, 0.717) is 5.88 Å². The van der Waals surface area contributed by atoms with Crippen molar-refractivity contribution in [3.05, 3.63) is 33.9 Å². The van der Waals surface area contributed by atoms with Crippen LogP contribution < -0.4 is 0 Å². The number of rotatable bonds is 1. The largest absolute Gasteiger partial charge is 0.361 e. The number of benzene rings is 1. The van der Waals surface area contributed by atoms with Crippen molar-refractivity contribution in [3.63, 3.8) is 0 Å². The maximum absolute atomic E-state index is 5.83. The third kappa shape index (κ3) is 1.38. The average Bonchev–Trinajstić information content (AvgIpc) is 2.55. The van der Waals surface area contributed by atoms with Gasteiger partial charge in [0.25, 0.3) is 0 Å². The van der Waals surface area contributed by atoms with E-state index in [4.69, 9.17) is 11.6 Å². The van der Waals surface area contributed by atoms with Crippen LogP contribution in [0.4, 0.5) is 0 Å². The predicted molar refractivity (Wildman–Crippen MR) is 60.3 cm³/mol. The summed E-state index contributed by atoms with van der Waals surface area (Å²) in [5.74, 6) is 0.544. The van der Waals surface area contributed by atoms with Crippen LogP contribution in [0.5, 0.6) is 0 Å². The number of aromatic nitrogens is 1. The summed E-state index contributed by atoms with van der Waals surface area (Å²) in [5, 5.41) is 1.20. The molecule has 0 spiro atoms. The minimum absolute atomic E-state index is 0.544. The number of H-pyrrole nitrogens is 1. The van der Waals surface area contributed by atoms with Crippen LogP contribution in [0.15, 0.2) is 22.8 Å². The molecule has 1 heterocycles. The molecule has 1 aromatic carbocycles. The zero-order chi connectivity index (χ0) is 9.42. The van der Waals surface area contributed by atoms with Gasteiger partial charge in [0.1, 0.15) is 0 Å². The molecule has 1 N–H and O–H groups in total. The smallest absolute Gasteiger partial charge is 0.0495 e. The van der Waals surface area contributed by atoms with Crippen LogP contribution in [-0.4, -0.2) is 4.98 Å². The summed E-state index contributed by atoms with van der Waals surface area (Å²) in [6.45, 7) is 2.08. The van der Waals surface area contributed by atoms with Crippen molar-refractivity contribution in [1.29, 1.82) is 0 Å². The standard InChI is InChI=1S/C10H9BrClN/c1-6-2-3-8-9(10(6)11)7(4-12)5-13-8/h2-3,5,13H,4H2,1H3. The zero-order valence-electron chi connectivity index (χ0n) is 7.20. The molecule has 2 rings (SSSR count). The van der Waals surface area contributed by atoms with Crippen LogP contribution in [-0.2, 0) is 5.88 Å². The molecule has 0 bridgehead atoms. The first kappa shape index (κ1) is 9.10. The molecular formula is C10H9BrClN. The summed E-state index contributed by atoms with van der Waals surface area (Å²) >= 11 is 9.40. The van der Waals surface area contributed by atoms with Crippen molar-refractivity contribution in [1.82, 2.24) is 4.98 Å². The Morgan fingerprint density at radius 3 is 2.92 bits per heavy atom. The van der Waals surface area contributed by atoms with Crippen molar-refractivity contribution in [2.75, 3.05) is 0 Å². The van der Waals surface area contributed by atoms with Crippen LogP contribution in [0.2, 0.25) is 0 Å². The molecule has 1 nitrogen and oxygen atoms in total. The van der Waals surface area contributed by atoms with Crippen molar-refractivity contribution >= 4 is 38.4 Å². The van der Waals surface area contributed by atoms with E-state index in [0.717, 1.165) is 15.6 Å². The first-order chi connectivity index (χ1) is 6.24. The fraction of sp³-hybridized carbons (Fsp3) is 0.200. The van der Waals surface area contributed by atoms with Crippen molar-refractivity contribution in [2.24, 2.45) is 0 Å². The normalized spacial score (nSPS) is 11.0. The zero-order valence-corrected chi connectivity index (χ0v) is 9.54. The topological polar surface area (TPSA) is 15.8 Å². The summed E-state index contributed by atoms with van der Waals surface area (Å²) in [7, 11) is 0. The van der Waals surface area contributed by atoms with E-state index in [1.54, 1.807) is 0 Å². The van der Waals surface area contributed by atoms with Gasteiger partial charge < -0.3 is 4.98 Å². The lowest BCUT2D eigenvalue weighted by atomic mass is 10.1. The van der Waals surface area contributed by atoms with E-state index in [-0.39, 0.29) is 0 Å². The van der Waals surface area contributed by atoms with Gasteiger partial charge in [0, 0.05) is 27.5 Å². The third-order valence-electron chi connectivity index (χ3n) is 2.20. The Labute approximate surface area is 90.2 Å². The molecule has 0 aliphatic carbocycles. The maximum Gasteiger partial charge on any atom is 0.0495 e. The molecular weight excluding hydrogens is 249 g/mol. The number of hydrogen-bond donors (Lipinski definition) is 1. The van der Waals surface area contributed by atoms with Gasteiger partial charge >= 0.3 is 0 Å². The van der Waals surface area contributed by atoms with E-state index in [1.807, 2.05) is 6.20 Å². The van der Waals surface area contributed by atoms with Crippen LogP contribution in [0.3, 0.4) is 0 Å². The number of aromatic amines is 1. The Morgan fingerprint density at radius 1 is 1.46 bits per heavy atom. The molecule has 0 aliphatic rings. The minimum atomic E-state index is 0.544. The highest BCUT2D eigenvalue weighted by Gasteiger charge is 2.07. The van der Waals surface area contributed by atoms with E-state index in [2.05, 4.69) is 40.0 Å². The molecule has 0 aliphatic heterocycles. The van der Waals surface area contributed by atoms with E-state index in [9.17, 15) is 0 Å². The lowest BCUT2D eigenvalue weighted by Gasteiger charge is -2.00. The van der Waals surface area contributed by atoms with Crippen LogP contribution >= 0.6 is 27.5 Å². The molecule has 2 aromatic rings. The molecule has 0 amide bonds. The van der Waals surface area contributed by atoms with Crippen molar-refractivity contribution < 1.29 is 0 Å². The second-order valence-electron chi connectivity index (χ2n) is 3.07. The van der Waals surface area contributed by atoms with Crippen molar-refractivity contribution in [2.45, 2.75) is 12.8 Å². The molecule has 0 atom stereocenters. The van der Waals surface area contributed by atoms with Crippen LogP contribution in [0.25, 0.3) is 10.9 Å². The number of halogens is 2. The Hall–Kier alpha value is -0.470. The van der Waals surface area contributed by atoms with Gasteiger partial charge in [-0.2, -0.15) is 0 Å². The van der Waals surface area contributed by atoms with Gasteiger partial charge in [0.05, 0.1) is 0 Å². The van der Waals surface area contributed by atoms with Gasteiger partial charge in [0.2, 0.25) is 0 Å². The Morgan fingerprint density at radius 2 is 2.23 bits per heavy atom. The molecule has 68 valence electrons. The highest BCUT2D eigenvalue weighted by Crippen LogP contribution is 2.30. The SMILES string of the molecule is Cc1ccc2[nH]cc(CCl)c2c1Br. The maximum atomic E-state index is 5.83. The molecule has 13 heavy (non-hydrogen) atoms. The van der Waals surface area contributed by atoms with E-state index < -0.39 is 0 Å². The second-order valence-corrected chi connectivity index (χ2v) is 4.13. The summed E-state index contributed by atoms with van der Waals surface area (Å²) < 4.78 is 1.14. The van der Waals surface area contributed by atoms with E-state index >= 15 is 0 Å². The number of aryl methyl sites for hydroxylation is 1. The number of nitrogens with one attached hydrogen (secondary N) is 1. The Kier molecular flexibility index (Phi) is 2.35. The second kappa shape index (κ2) is 3.35. The lowest BCUT2D eigenvalue weighted by Crippen LogP contribution is -1.79. The van der Waals surface area contributed by atoms with Gasteiger partial charge in [0.15, 0.2) is 0 Å². The van der Waals surface area contributed by atoms with Gasteiger partial charge in [-0.05, 0) is 40.0 Å². The molecule has 0 saturated heterocycles. The monoisotopic (exact) mass is 257 g/mol. The number of fused-ring (bicyclic) bond motifs is 1. The number of hydrogen-bond acceptors (Lipinski definition) is 0. The third-order valence-corrected chi connectivity index (χ3v) is 3.51. The van der Waals surface area contributed by atoms with Crippen molar-refractivity contribution in [3.8, 4) is 0 Å². The summed E-state index contributed by atoms with van der Waals surface area (Å²) in [4.78, 5) is 3.19. The van der Waals surface area contributed by atoms with E-state index in [1.165, 1.54) is 10.9 Å². The molecule has 0 fully saturated rings. The highest BCUT2D eigenvalue weighted by molar-refractivity contribution is 9.10. The lowest BCUT2D eigenvalue weighted by molar-refractivity contribution is 1.39. The summed E-state index contributed by atoms with van der Waals surface area (Å²) in [6, 6.07) is 4.16. The fourth-order valence-electron chi connectivity index (χ4n) is 1.46. The average molecular weight is 259 g/mol. The Balaban J connectivity index is 2.85. The quantitative estimate of drug-likeness (QED) is 0.745. The Bertz CT molecular complexity index is 447. The molecule has 0 saturated carbocycles. The van der Waals surface area contributed by atoms with Gasteiger partial charge in [-0.25, -0.2) is 0 Å². The van der Waals surface area contributed by atoms with Gasteiger partial charge in [-0.1, -0.05) is 6.07 Å². The minimum Gasteiger partial charge on any atom is -0.361 e. The fourth-order valence-corrected chi connectivity index (χ4v) is 2.27. The molecule has 0 radical (unpaired) electrons. The molecule has 0 unspecified atom stereocenters. The molecule has 1 aromatic heterocycles. The van der Waals surface area contributed by atoms with Gasteiger partial charge in [-0.15, -0.1) is 11.6 Å². The first-order valence-corrected chi connectivity index (χ1v) is 5.38. The molecule has 3 heteroatoms. The number of alkyl halides is 1. The van der Waals surface area contributed by atoms with Crippen LogP contribution in [0, 0.1) is 6.92 Å². The van der Waals surface area contributed by atoms with Gasteiger partial charge in [-0.3, -0.25) is 0 Å².